The molecule has 0 spiro atoms. The van der Waals surface area contributed by atoms with Crippen molar-refractivity contribution in [3.05, 3.63) is 52.7 Å². The number of likely N-dealkylation sites (N-methyl/N-ethyl adjacent to an activating group) is 1. The number of piperazine rings is 1. The summed E-state index contributed by atoms with van der Waals surface area (Å²) < 4.78 is 11.4. The summed E-state index contributed by atoms with van der Waals surface area (Å²) in [4.78, 5) is 28.6. The first-order valence-corrected chi connectivity index (χ1v) is 15.3. The highest BCUT2D eigenvalue weighted by Gasteiger charge is 2.42. The second kappa shape index (κ2) is 12.1. The Hall–Kier alpha value is -4.07. The van der Waals surface area contributed by atoms with Crippen LogP contribution in [-0.2, 0) is 10.2 Å². The van der Waals surface area contributed by atoms with Crippen LogP contribution in [0.1, 0.15) is 52.7 Å². The monoisotopic (exact) mass is 617 g/mol. The van der Waals surface area contributed by atoms with Crippen molar-refractivity contribution in [2.75, 3.05) is 61.5 Å². The third-order valence-corrected chi connectivity index (χ3v) is 8.33. The number of hydrogen-bond donors (Lipinski definition) is 1. The molecule has 1 aromatic heterocycles. The minimum Gasteiger partial charge on any atom is -0.494 e. The van der Waals surface area contributed by atoms with Crippen LogP contribution >= 0.6 is 11.6 Å². The normalized spacial score (nSPS) is 16.3. The number of nitrogens with zero attached hydrogens (tertiary/aromatic N) is 6. The van der Waals surface area contributed by atoms with E-state index in [2.05, 4.69) is 46.9 Å². The van der Waals surface area contributed by atoms with Crippen molar-refractivity contribution >= 4 is 40.7 Å². The lowest BCUT2D eigenvalue weighted by molar-refractivity contribution is 0.0579. The molecule has 0 aliphatic carbocycles. The van der Waals surface area contributed by atoms with Crippen molar-refractivity contribution in [3.8, 4) is 23.1 Å². The van der Waals surface area contributed by atoms with E-state index in [1.165, 1.54) is 0 Å². The molecular formula is C33H40ClN7O3. The maximum absolute atomic E-state index is 13.1. The average molecular weight is 618 g/mol. The molecule has 0 unspecified atom stereocenters. The SMILES string of the molecule is CCN1CCN(c2cc(OC)c(Nc3nccc(-c4cc(C#N)c5c(c4)C(C)(C)CN5C(=O)OC(C)(C)C)n3)cc2Cl)CC1. The number of aromatic nitrogens is 2. The lowest BCUT2D eigenvalue weighted by Crippen LogP contribution is -2.46. The zero-order valence-corrected chi connectivity index (χ0v) is 27.2. The molecule has 1 N–H and O–H groups in total. The van der Waals surface area contributed by atoms with E-state index in [4.69, 9.17) is 26.1 Å². The van der Waals surface area contributed by atoms with E-state index >= 15 is 0 Å². The molecule has 10 nitrogen and oxygen atoms in total. The Kier molecular flexibility index (Phi) is 8.65. The Bertz CT molecular complexity index is 1600. The van der Waals surface area contributed by atoms with Gasteiger partial charge in [0.2, 0.25) is 5.95 Å². The van der Waals surface area contributed by atoms with Crippen molar-refractivity contribution < 1.29 is 14.3 Å². The van der Waals surface area contributed by atoms with Gasteiger partial charge in [0.05, 0.1) is 40.5 Å². The summed E-state index contributed by atoms with van der Waals surface area (Å²) in [7, 11) is 1.63. The van der Waals surface area contributed by atoms with E-state index in [-0.39, 0.29) is 0 Å². The topological polar surface area (TPSA) is 107 Å². The molecule has 2 aliphatic rings. The quantitative estimate of drug-likeness (QED) is 0.327. The highest BCUT2D eigenvalue weighted by atomic mass is 35.5. The molecule has 5 rings (SSSR count). The number of benzene rings is 2. The number of halogens is 1. The number of hydrogen-bond acceptors (Lipinski definition) is 9. The van der Waals surface area contributed by atoms with Crippen LogP contribution in [0.3, 0.4) is 0 Å². The molecule has 44 heavy (non-hydrogen) atoms. The fraction of sp³-hybridized carbons (Fsp3) is 0.455. The minimum absolute atomic E-state index is 0.356. The third kappa shape index (κ3) is 6.40. The zero-order valence-electron chi connectivity index (χ0n) is 26.5. The molecule has 3 aromatic rings. The molecule has 0 bridgehead atoms. The fourth-order valence-corrected chi connectivity index (χ4v) is 6.05. The van der Waals surface area contributed by atoms with E-state index in [1.54, 1.807) is 30.3 Å². The Morgan fingerprint density at radius 3 is 2.52 bits per heavy atom. The number of rotatable bonds is 6. The largest absolute Gasteiger partial charge is 0.494 e. The predicted octanol–water partition coefficient (Wildman–Crippen LogP) is 6.60. The second-order valence-electron chi connectivity index (χ2n) is 12.8. The van der Waals surface area contributed by atoms with Crippen LogP contribution in [0.15, 0.2) is 36.5 Å². The number of nitriles is 1. The summed E-state index contributed by atoms with van der Waals surface area (Å²) in [5.41, 5.74) is 3.74. The van der Waals surface area contributed by atoms with Crippen molar-refractivity contribution in [1.29, 1.82) is 5.26 Å². The summed E-state index contributed by atoms with van der Waals surface area (Å²) in [6, 6.07) is 11.6. The van der Waals surface area contributed by atoms with Gasteiger partial charge in [-0.05, 0) is 57.1 Å². The van der Waals surface area contributed by atoms with Gasteiger partial charge >= 0.3 is 6.09 Å². The molecule has 1 fully saturated rings. The van der Waals surface area contributed by atoms with Crippen LogP contribution in [0.2, 0.25) is 5.02 Å². The first-order valence-electron chi connectivity index (χ1n) is 14.9. The third-order valence-electron chi connectivity index (χ3n) is 8.02. The van der Waals surface area contributed by atoms with Crippen molar-refractivity contribution in [2.45, 2.75) is 52.6 Å². The van der Waals surface area contributed by atoms with Crippen LogP contribution in [-0.4, -0.2) is 72.9 Å². The first-order chi connectivity index (χ1) is 20.8. The Morgan fingerprint density at radius 1 is 1.16 bits per heavy atom. The van der Waals surface area contributed by atoms with E-state index in [1.807, 2.05) is 39.0 Å². The highest BCUT2D eigenvalue weighted by Crippen LogP contribution is 2.45. The number of ether oxygens (including phenoxy) is 2. The summed E-state index contributed by atoms with van der Waals surface area (Å²) in [6.45, 7) is 17.0. The second-order valence-corrected chi connectivity index (χ2v) is 13.2. The lowest BCUT2D eigenvalue weighted by Gasteiger charge is -2.36. The van der Waals surface area contributed by atoms with Gasteiger partial charge in [-0.25, -0.2) is 14.8 Å². The van der Waals surface area contributed by atoms with Gasteiger partial charge in [-0.15, -0.1) is 0 Å². The van der Waals surface area contributed by atoms with E-state index in [0.29, 0.717) is 45.9 Å². The van der Waals surface area contributed by atoms with Crippen LogP contribution < -0.4 is 19.9 Å². The molecule has 232 valence electrons. The molecule has 1 saturated heterocycles. The van der Waals surface area contributed by atoms with Crippen molar-refractivity contribution in [1.82, 2.24) is 14.9 Å². The van der Waals surface area contributed by atoms with Gasteiger partial charge < -0.3 is 24.6 Å². The Balaban J connectivity index is 1.44. The number of carbonyl (C=O) groups excluding carboxylic acids is 1. The zero-order chi connectivity index (χ0) is 31.8. The van der Waals surface area contributed by atoms with Gasteiger partial charge in [0, 0.05) is 56.0 Å². The Labute approximate surface area is 264 Å². The van der Waals surface area contributed by atoms with Gasteiger partial charge in [-0.2, -0.15) is 5.26 Å². The minimum atomic E-state index is -0.654. The van der Waals surface area contributed by atoms with Gasteiger partial charge in [-0.3, -0.25) is 4.90 Å². The maximum Gasteiger partial charge on any atom is 0.414 e. The van der Waals surface area contributed by atoms with Gasteiger partial charge in [0.1, 0.15) is 17.4 Å². The molecule has 1 amide bonds. The van der Waals surface area contributed by atoms with E-state index in [0.717, 1.165) is 49.5 Å². The Morgan fingerprint density at radius 2 is 1.89 bits per heavy atom. The average Bonchev–Trinajstić information content (AvgIpc) is 3.27. The summed E-state index contributed by atoms with van der Waals surface area (Å²) in [6.07, 6.45) is 1.20. The van der Waals surface area contributed by atoms with Gasteiger partial charge in [0.25, 0.3) is 0 Å². The highest BCUT2D eigenvalue weighted by molar-refractivity contribution is 6.33. The molecule has 11 heteroatoms. The first kappa shape index (κ1) is 31.4. The van der Waals surface area contributed by atoms with Crippen LogP contribution in [0.25, 0.3) is 11.3 Å². The lowest BCUT2D eigenvalue weighted by atomic mass is 9.85. The van der Waals surface area contributed by atoms with Crippen molar-refractivity contribution in [3.63, 3.8) is 0 Å². The molecule has 0 saturated carbocycles. The molecule has 0 atom stereocenters. The van der Waals surface area contributed by atoms with Crippen LogP contribution in [0.5, 0.6) is 5.75 Å². The summed E-state index contributed by atoms with van der Waals surface area (Å²) in [5, 5.41) is 14.0. The molecule has 2 aromatic carbocycles. The summed E-state index contributed by atoms with van der Waals surface area (Å²) in [5.74, 6) is 0.986. The smallest absolute Gasteiger partial charge is 0.414 e. The van der Waals surface area contributed by atoms with E-state index < -0.39 is 17.1 Å². The number of amides is 1. The maximum atomic E-state index is 13.1. The summed E-state index contributed by atoms with van der Waals surface area (Å²) >= 11 is 6.78. The number of methoxy groups -OCH3 is 1. The number of anilines is 4. The number of nitrogens with one attached hydrogen (secondary N) is 1. The van der Waals surface area contributed by atoms with E-state index in [9.17, 15) is 10.1 Å². The number of carbonyl (C=O) groups is 1. The number of fused-ring (bicyclic) bond motifs is 1. The van der Waals surface area contributed by atoms with Crippen molar-refractivity contribution in [2.24, 2.45) is 0 Å². The molecule has 0 radical (unpaired) electrons. The van der Waals surface area contributed by atoms with Crippen LogP contribution in [0, 0.1) is 11.3 Å². The fourth-order valence-electron chi connectivity index (χ4n) is 5.76. The molecular weight excluding hydrogens is 578 g/mol. The molecule has 3 heterocycles. The molecule has 2 aliphatic heterocycles. The standard InChI is InChI=1S/C33H40ClN7O3/c1-8-39-11-13-40(14-12-39)27-18-28(43-7)26(17-24(27)34)38-30-36-10-9-25(37-30)21-15-22(19-35)29-23(16-21)33(5,6)20-41(29)31(42)44-32(2,3)4/h9-10,15-18H,8,11-14,20H2,1-7H3,(H,36,37,38). The van der Waals surface area contributed by atoms with Gasteiger partial charge in [0.15, 0.2) is 0 Å². The predicted molar refractivity (Wildman–Crippen MR) is 174 cm³/mol. The van der Waals surface area contributed by atoms with Gasteiger partial charge in [-0.1, -0.05) is 32.4 Å². The van der Waals surface area contributed by atoms with Crippen LogP contribution in [0.4, 0.5) is 27.8 Å².